The lowest BCUT2D eigenvalue weighted by Gasteiger charge is -2.18. The molecule has 0 bridgehead atoms. The Morgan fingerprint density at radius 3 is 3.05 bits per heavy atom. The third kappa shape index (κ3) is 4.62. The fraction of sp³-hybridized carbons (Fsp3) is 0.562. The second-order valence-electron chi connectivity index (χ2n) is 5.63. The number of nitrogen functional groups attached to an aromatic ring is 1. The summed E-state index contributed by atoms with van der Waals surface area (Å²) in [4.78, 5) is 2.31. The first-order valence-electron chi connectivity index (χ1n) is 7.38. The standard InChI is InChI=1S/C16H25N3O/c1-19(9-3-7-15-8-4-10-20-15)12-13-5-2-6-14(11-13)16(17)18/h2,5-6,11,15H,3-4,7-10,12H2,1H3,(H3,17,18). The van der Waals surface area contributed by atoms with Crippen molar-refractivity contribution >= 4 is 5.84 Å². The zero-order valence-electron chi connectivity index (χ0n) is 12.3. The molecule has 3 N–H and O–H groups in total. The van der Waals surface area contributed by atoms with Crippen LogP contribution in [-0.2, 0) is 11.3 Å². The molecule has 1 heterocycles. The number of nitrogens with two attached hydrogens (primary N) is 1. The lowest BCUT2D eigenvalue weighted by atomic mass is 10.1. The minimum Gasteiger partial charge on any atom is -0.384 e. The van der Waals surface area contributed by atoms with Crippen LogP contribution in [0.2, 0.25) is 0 Å². The Morgan fingerprint density at radius 1 is 1.50 bits per heavy atom. The molecule has 4 heteroatoms. The van der Waals surface area contributed by atoms with Gasteiger partial charge in [0.25, 0.3) is 0 Å². The van der Waals surface area contributed by atoms with Gasteiger partial charge in [0.15, 0.2) is 0 Å². The summed E-state index contributed by atoms with van der Waals surface area (Å²) in [7, 11) is 2.13. The molecule has 1 fully saturated rings. The molecule has 1 aliphatic heterocycles. The second kappa shape index (κ2) is 7.41. The van der Waals surface area contributed by atoms with Crippen LogP contribution in [0.5, 0.6) is 0 Å². The van der Waals surface area contributed by atoms with Crippen LogP contribution in [0.25, 0.3) is 0 Å². The van der Waals surface area contributed by atoms with Crippen LogP contribution in [-0.4, -0.2) is 37.0 Å². The fourth-order valence-electron chi connectivity index (χ4n) is 2.69. The van der Waals surface area contributed by atoms with Crippen molar-refractivity contribution < 1.29 is 4.74 Å². The summed E-state index contributed by atoms with van der Waals surface area (Å²) in [5, 5.41) is 7.47. The maximum absolute atomic E-state index is 7.47. The molecular weight excluding hydrogens is 250 g/mol. The molecule has 0 aliphatic carbocycles. The minimum atomic E-state index is 0.132. The van der Waals surface area contributed by atoms with Gasteiger partial charge in [0.05, 0.1) is 6.10 Å². The number of amidine groups is 1. The van der Waals surface area contributed by atoms with Gasteiger partial charge in [-0.25, -0.2) is 0 Å². The van der Waals surface area contributed by atoms with Gasteiger partial charge in [-0.1, -0.05) is 18.2 Å². The number of rotatable bonds is 7. The zero-order valence-corrected chi connectivity index (χ0v) is 12.3. The Hall–Kier alpha value is -1.39. The number of ether oxygens (including phenoxy) is 1. The van der Waals surface area contributed by atoms with Crippen LogP contribution in [0.15, 0.2) is 24.3 Å². The maximum Gasteiger partial charge on any atom is 0.122 e. The van der Waals surface area contributed by atoms with Gasteiger partial charge in [-0.2, -0.15) is 0 Å². The molecule has 1 aliphatic rings. The Kier molecular flexibility index (Phi) is 5.56. The van der Waals surface area contributed by atoms with E-state index in [-0.39, 0.29) is 5.84 Å². The highest BCUT2D eigenvalue weighted by Gasteiger charge is 2.14. The molecule has 1 saturated heterocycles. The highest BCUT2D eigenvalue weighted by molar-refractivity contribution is 5.95. The first kappa shape index (κ1) is 15.0. The molecule has 0 radical (unpaired) electrons. The number of nitrogens with zero attached hydrogens (tertiary/aromatic N) is 1. The van der Waals surface area contributed by atoms with Crippen molar-refractivity contribution in [2.75, 3.05) is 20.2 Å². The van der Waals surface area contributed by atoms with Crippen LogP contribution in [0.4, 0.5) is 0 Å². The van der Waals surface area contributed by atoms with Crippen molar-refractivity contribution in [3.8, 4) is 0 Å². The molecule has 0 aromatic heterocycles. The highest BCUT2D eigenvalue weighted by Crippen LogP contribution is 2.17. The normalized spacial score (nSPS) is 18.6. The third-order valence-corrected chi connectivity index (χ3v) is 3.78. The Bertz CT molecular complexity index is 441. The quantitative estimate of drug-likeness (QED) is 0.593. The Morgan fingerprint density at radius 2 is 2.35 bits per heavy atom. The number of hydrogen-bond acceptors (Lipinski definition) is 3. The molecule has 1 aromatic rings. The van der Waals surface area contributed by atoms with Gasteiger partial charge < -0.3 is 15.4 Å². The molecular formula is C16H25N3O. The van der Waals surface area contributed by atoms with Gasteiger partial charge in [-0.05, 0) is 50.9 Å². The van der Waals surface area contributed by atoms with Gasteiger partial charge in [0, 0.05) is 18.7 Å². The van der Waals surface area contributed by atoms with Crippen molar-refractivity contribution in [1.29, 1.82) is 5.41 Å². The first-order chi connectivity index (χ1) is 9.65. The SMILES string of the molecule is CN(CCCC1CCCO1)Cc1cccc(C(=N)N)c1. The van der Waals surface area contributed by atoms with E-state index >= 15 is 0 Å². The van der Waals surface area contributed by atoms with E-state index in [2.05, 4.69) is 18.0 Å². The maximum atomic E-state index is 7.47. The lowest BCUT2D eigenvalue weighted by Crippen LogP contribution is -2.21. The van der Waals surface area contributed by atoms with Crippen molar-refractivity contribution in [3.05, 3.63) is 35.4 Å². The van der Waals surface area contributed by atoms with Crippen molar-refractivity contribution in [1.82, 2.24) is 4.90 Å². The van der Waals surface area contributed by atoms with E-state index in [1.807, 2.05) is 18.2 Å². The number of benzene rings is 1. The molecule has 110 valence electrons. The van der Waals surface area contributed by atoms with Crippen LogP contribution < -0.4 is 5.73 Å². The first-order valence-corrected chi connectivity index (χ1v) is 7.38. The van der Waals surface area contributed by atoms with E-state index < -0.39 is 0 Å². The summed E-state index contributed by atoms with van der Waals surface area (Å²) in [5.74, 6) is 0.132. The van der Waals surface area contributed by atoms with Crippen LogP contribution in [0.3, 0.4) is 0 Å². The predicted octanol–water partition coefficient (Wildman–Crippen LogP) is 2.36. The molecule has 1 atom stereocenters. The topological polar surface area (TPSA) is 62.3 Å². The van der Waals surface area contributed by atoms with Gasteiger partial charge in [0.2, 0.25) is 0 Å². The molecule has 1 unspecified atom stereocenters. The second-order valence-corrected chi connectivity index (χ2v) is 5.63. The zero-order chi connectivity index (χ0) is 14.4. The number of hydrogen-bond donors (Lipinski definition) is 2. The monoisotopic (exact) mass is 275 g/mol. The van der Waals surface area contributed by atoms with Crippen LogP contribution in [0, 0.1) is 5.41 Å². The Balaban J connectivity index is 1.74. The van der Waals surface area contributed by atoms with Gasteiger partial charge in [-0.3, -0.25) is 5.41 Å². The van der Waals surface area contributed by atoms with Crippen LogP contribution in [0.1, 0.15) is 36.8 Å². The third-order valence-electron chi connectivity index (χ3n) is 3.78. The van der Waals surface area contributed by atoms with E-state index in [9.17, 15) is 0 Å². The van der Waals surface area contributed by atoms with Crippen molar-refractivity contribution in [3.63, 3.8) is 0 Å². The summed E-state index contributed by atoms with van der Waals surface area (Å²) in [6.07, 6.45) is 5.28. The summed E-state index contributed by atoms with van der Waals surface area (Å²) in [5.41, 5.74) is 7.53. The average Bonchev–Trinajstić information content (AvgIpc) is 2.92. The lowest BCUT2D eigenvalue weighted by molar-refractivity contribution is 0.0995. The molecule has 20 heavy (non-hydrogen) atoms. The average molecular weight is 275 g/mol. The van der Waals surface area contributed by atoms with E-state index in [0.29, 0.717) is 6.10 Å². The van der Waals surface area contributed by atoms with Gasteiger partial charge >= 0.3 is 0 Å². The minimum absolute atomic E-state index is 0.132. The molecule has 0 saturated carbocycles. The van der Waals surface area contributed by atoms with Gasteiger partial charge in [0.1, 0.15) is 5.84 Å². The van der Waals surface area contributed by atoms with E-state index in [0.717, 1.165) is 31.7 Å². The Labute approximate surface area is 121 Å². The summed E-state index contributed by atoms with van der Waals surface area (Å²) < 4.78 is 5.64. The van der Waals surface area contributed by atoms with Gasteiger partial charge in [-0.15, -0.1) is 0 Å². The summed E-state index contributed by atoms with van der Waals surface area (Å²) >= 11 is 0. The highest BCUT2D eigenvalue weighted by atomic mass is 16.5. The number of nitrogens with one attached hydrogen (secondary N) is 1. The van der Waals surface area contributed by atoms with Crippen molar-refractivity contribution in [2.45, 2.75) is 38.3 Å². The van der Waals surface area contributed by atoms with E-state index in [1.54, 1.807) is 0 Å². The molecule has 2 rings (SSSR count). The molecule has 4 nitrogen and oxygen atoms in total. The van der Waals surface area contributed by atoms with Crippen LogP contribution >= 0.6 is 0 Å². The summed E-state index contributed by atoms with van der Waals surface area (Å²) in [6, 6.07) is 7.93. The largest absolute Gasteiger partial charge is 0.384 e. The molecule has 0 spiro atoms. The smallest absolute Gasteiger partial charge is 0.122 e. The predicted molar refractivity (Wildman–Crippen MR) is 82.0 cm³/mol. The van der Waals surface area contributed by atoms with Crippen molar-refractivity contribution in [2.24, 2.45) is 5.73 Å². The molecule has 0 amide bonds. The summed E-state index contributed by atoms with van der Waals surface area (Å²) in [6.45, 7) is 2.91. The fourth-order valence-corrected chi connectivity index (χ4v) is 2.69. The van der Waals surface area contributed by atoms with E-state index in [4.69, 9.17) is 15.9 Å². The molecule has 1 aromatic carbocycles. The van der Waals surface area contributed by atoms with E-state index in [1.165, 1.54) is 24.8 Å².